The number of rotatable bonds is 7. The Balaban J connectivity index is 2.55. The summed E-state index contributed by atoms with van der Waals surface area (Å²) in [6, 6.07) is 2.57. The molecule has 0 aliphatic rings. The van der Waals surface area contributed by atoms with Crippen molar-refractivity contribution in [1.82, 2.24) is 4.98 Å². The van der Waals surface area contributed by atoms with Crippen LogP contribution < -0.4 is 10.1 Å². The lowest BCUT2D eigenvalue weighted by Crippen LogP contribution is -2.10. The Labute approximate surface area is 113 Å². The number of hydrogen-bond donors (Lipinski definition) is 1. The van der Waals surface area contributed by atoms with Gasteiger partial charge in [-0.3, -0.25) is 10.1 Å². The Morgan fingerprint density at radius 2 is 2.10 bits per heavy atom. The zero-order valence-electron chi connectivity index (χ0n) is 10.7. The summed E-state index contributed by atoms with van der Waals surface area (Å²) in [7, 11) is 1.36. The number of hydrogen-bond acceptors (Lipinski definition) is 5. The largest absolute Gasteiger partial charge is 0.481 e. The number of anilines is 1. The number of pyridine rings is 1. The molecule has 0 saturated carbocycles. The number of unbranched alkanes of at least 4 members (excludes halogenated alkanes) is 1. The third-order valence-corrected chi connectivity index (χ3v) is 2.43. The van der Waals surface area contributed by atoms with Gasteiger partial charge in [0.2, 0.25) is 11.7 Å². The minimum absolute atomic E-state index is 0.0126. The highest BCUT2D eigenvalue weighted by molar-refractivity contribution is 5.56. The first kappa shape index (κ1) is 16.0. The Bertz CT molecular complexity index is 466. The second-order valence-corrected chi connectivity index (χ2v) is 3.98. The van der Waals surface area contributed by atoms with Gasteiger partial charge in [0.25, 0.3) is 0 Å². The Kier molecular flexibility index (Phi) is 5.53. The normalized spacial score (nSPS) is 11.2. The van der Waals surface area contributed by atoms with E-state index in [4.69, 9.17) is 4.74 Å². The first-order valence-corrected chi connectivity index (χ1v) is 5.83. The topological polar surface area (TPSA) is 77.3 Å². The van der Waals surface area contributed by atoms with Crippen molar-refractivity contribution in [3.63, 3.8) is 0 Å². The summed E-state index contributed by atoms with van der Waals surface area (Å²) in [4.78, 5) is 14.0. The molecule has 0 radical (unpaired) electrons. The molecule has 1 aromatic rings. The molecular formula is C11H14F3N3O3. The van der Waals surface area contributed by atoms with Crippen molar-refractivity contribution in [2.24, 2.45) is 0 Å². The van der Waals surface area contributed by atoms with Crippen molar-refractivity contribution in [3.05, 3.63) is 22.2 Å². The second kappa shape index (κ2) is 6.92. The van der Waals surface area contributed by atoms with Crippen LogP contribution in [0.25, 0.3) is 0 Å². The van der Waals surface area contributed by atoms with Gasteiger partial charge >= 0.3 is 11.9 Å². The third-order valence-electron chi connectivity index (χ3n) is 2.43. The Hall–Kier alpha value is -2.06. The maximum absolute atomic E-state index is 11.9. The molecule has 20 heavy (non-hydrogen) atoms. The Morgan fingerprint density at radius 3 is 2.65 bits per heavy atom. The number of nitro groups is 1. The number of ether oxygens (including phenoxy) is 1. The van der Waals surface area contributed by atoms with Crippen LogP contribution in [0, 0.1) is 10.1 Å². The summed E-state index contributed by atoms with van der Waals surface area (Å²) in [6.07, 6.45) is -4.87. The highest BCUT2D eigenvalue weighted by Crippen LogP contribution is 2.25. The molecule has 1 aromatic heterocycles. The SMILES string of the molecule is COc1ccc([N+](=O)[O-])c(NCCCCC(F)(F)F)n1. The lowest BCUT2D eigenvalue weighted by atomic mass is 10.2. The van der Waals surface area contributed by atoms with Crippen LogP contribution in [-0.4, -0.2) is 29.7 Å². The summed E-state index contributed by atoms with van der Waals surface area (Å²) in [5.41, 5.74) is -0.248. The molecule has 0 fully saturated rings. The van der Waals surface area contributed by atoms with Crippen molar-refractivity contribution in [3.8, 4) is 5.88 Å². The maximum Gasteiger partial charge on any atom is 0.389 e. The molecular weight excluding hydrogens is 279 g/mol. The number of methoxy groups -OCH3 is 1. The van der Waals surface area contributed by atoms with Crippen LogP contribution in [0.15, 0.2) is 12.1 Å². The van der Waals surface area contributed by atoms with Crippen LogP contribution in [0.5, 0.6) is 5.88 Å². The van der Waals surface area contributed by atoms with Gasteiger partial charge in [-0.2, -0.15) is 18.2 Å². The first-order chi connectivity index (χ1) is 9.33. The predicted octanol–water partition coefficient (Wildman–Crippen LogP) is 3.14. The number of alkyl halides is 3. The quantitative estimate of drug-likeness (QED) is 0.474. The lowest BCUT2D eigenvalue weighted by molar-refractivity contribution is -0.384. The molecule has 0 unspecified atom stereocenters. The third kappa shape index (κ3) is 5.29. The van der Waals surface area contributed by atoms with Gasteiger partial charge in [-0.05, 0) is 12.8 Å². The number of nitrogens with one attached hydrogen (secondary N) is 1. The molecule has 9 heteroatoms. The summed E-state index contributed by atoms with van der Waals surface area (Å²) < 4.78 is 40.6. The van der Waals surface area contributed by atoms with E-state index >= 15 is 0 Å². The minimum Gasteiger partial charge on any atom is -0.481 e. The van der Waals surface area contributed by atoms with Gasteiger partial charge in [-0.1, -0.05) is 0 Å². The van der Waals surface area contributed by atoms with E-state index in [-0.39, 0.29) is 36.8 Å². The molecule has 112 valence electrons. The van der Waals surface area contributed by atoms with Gasteiger partial charge in [0, 0.05) is 25.1 Å². The van der Waals surface area contributed by atoms with Crippen molar-refractivity contribution < 1.29 is 22.8 Å². The highest BCUT2D eigenvalue weighted by Gasteiger charge is 2.25. The summed E-state index contributed by atoms with van der Waals surface area (Å²) >= 11 is 0. The van der Waals surface area contributed by atoms with Gasteiger partial charge in [0.15, 0.2) is 0 Å². The van der Waals surface area contributed by atoms with E-state index in [2.05, 4.69) is 10.3 Å². The summed E-state index contributed by atoms with van der Waals surface area (Å²) in [6.45, 7) is 0.164. The van der Waals surface area contributed by atoms with Crippen LogP contribution in [0.1, 0.15) is 19.3 Å². The molecule has 0 bridgehead atoms. The van der Waals surface area contributed by atoms with Crippen molar-refractivity contribution in [1.29, 1.82) is 0 Å². The zero-order valence-corrected chi connectivity index (χ0v) is 10.7. The number of aromatic nitrogens is 1. The zero-order chi connectivity index (χ0) is 15.2. The van der Waals surface area contributed by atoms with E-state index in [1.54, 1.807) is 0 Å². The maximum atomic E-state index is 11.9. The average Bonchev–Trinajstić information content (AvgIpc) is 2.36. The predicted molar refractivity (Wildman–Crippen MR) is 65.8 cm³/mol. The molecule has 0 amide bonds. The fourth-order valence-electron chi connectivity index (χ4n) is 1.48. The van der Waals surface area contributed by atoms with Crippen LogP contribution >= 0.6 is 0 Å². The van der Waals surface area contributed by atoms with Crippen LogP contribution in [0.2, 0.25) is 0 Å². The van der Waals surface area contributed by atoms with E-state index < -0.39 is 17.5 Å². The number of halogens is 3. The molecule has 0 aliphatic heterocycles. The molecule has 0 atom stereocenters. The van der Waals surface area contributed by atoms with Crippen molar-refractivity contribution in [2.45, 2.75) is 25.4 Å². The fourth-order valence-corrected chi connectivity index (χ4v) is 1.48. The molecule has 1 N–H and O–H groups in total. The van der Waals surface area contributed by atoms with Crippen molar-refractivity contribution >= 4 is 11.5 Å². The van der Waals surface area contributed by atoms with Gasteiger partial charge < -0.3 is 10.1 Å². The van der Waals surface area contributed by atoms with E-state index in [1.807, 2.05) is 0 Å². The Morgan fingerprint density at radius 1 is 1.40 bits per heavy atom. The molecule has 0 saturated heterocycles. The lowest BCUT2D eigenvalue weighted by Gasteiger charge is -2.08. The van der Waals surface area contributed by atoms with Crippen molar-refractivity contribution in [2.75, 3.05) is 19.0 Å². The highest BCUT2D eigenvalue weighted by atomic mass is 19.4. The van der Waals surface area contributed by atoms with Crippen LogP contribution in [0.3, 0.4) is 0 Å². The molecule has 0 spiro atoms. The fraction of sp³-hybridized carbons (Fsp3) is 0.545. The standard InChI is InChI=1S/C11H14F3N3O3/c1-20-9-5-4-8(17(18)19)10(16-9)15-7-3-2-6-11(12,13)14/h4-5H,2-3,6-7H2,1H3,(H,15,16). The molecule has 1 rings (SSSR count). The summed E-state index contributed by atoms with van der Waals surface area (Å²) in [5.74, 6) is 0.176. The van der Waals surface area contributed by atoms with Gasteiger partial charge in [-0.25, -0.2) is 0 Å². The summed E-state index contributed by atoms with van der Waals surface area (Å²) in [5, 5.41) is 13.4. The van der Waals surface area contributed by atoms with Crippen LogP contribution in [0.4, 0.5) is 24.7 Å². The first-order valence-electron chi connectivity index (χ1n) is 5.83. The van der Waals surface area contributed by atoms with E-state index in [0.29, 0.717) is 0 Å². The molecule has 1 heterocycles. The van der Waals surface area contributed by atoms with Gasteiger partial charge in [-0.15, -0.1) is 0 Å². The van der Waals surface area contributed by atoms with Crippen LogP contribution in [-0.2, 0) is 0 Å². The molecule has 6 nitrogen and oxygen atoms in total. The second-order valence-electron chi connectivity index (χ2n) is 3.98. The van der Waals surface area contributed by atoms with Gasteiger partial charge in [0.05, 0.1) is 12.0 Å². The minimum atomic E-state index is -4.18. The monoisotopic (exact) mass is 293 g/mol. The number of nitrogens with zero attached hydrogens (tertiary/aromatic N) is 2. The molecule has 0 aliphatic carbocycles. The van der Waals surface area contributed by atoms with E-state index in [9.17, 15) is 23.3 Å². The average molecular weight is 293 g/mol. The smallest absolute Gasteiger partial charge is 0.389 e. The van der Waals surface area contributed by atoms with Gasteiger partial charge in [0.1, 0.15) is 0 Å². The van der Waals surface area contributed by atoms with E-state index in [0.717, 1.165) is 0 Å². The van der Waals surface area contributed by atoms with E-state index in [1.165, 1.54) is 19.2 Å². The molecule has 0 aromatic carbocycles.